The minimum absolute atomic E-state index is 0.0367. The first kappa shape index (κ1) is 19.9. The number of carbonyl (C=O) groups is 1. The van der Waals surface area contributed by atoms with Gasteiger partial charge in [0.15, 0.2) is 11.2 Å². The van der Waals surface area contributed by atoms with Crippen LogP contribution < -0.4 is 21.5 Å². The molecule has 2 aromatic rings. The lowest BCUT2D eigenvalue weighted by molar-refractivity contribution is -0.119. The van der Waals surface area contributed by atoms with Crippen molar-refractivity contribution in [2.45, 2.75) is 46.2 Å². The summed E-state index contributed by atoms with van der Waals surface area (Å²) < 4.78 is 4.40. The van der Waals surface area contributed by atoms with Gasteiger partial charge in [0.25, 0.3) is 5.56 Å². The Bertz CT molecular complexity index is 1050. The van der Waals surface area contributed by atoms with E-state index in [9.17, 15) is 14.4 Å². The third-order valence-electron chi connectivity index (χ3n) is 5.12. The highest BCUT2D eigenvalue weighted by Gasteiger charge is 2.27. The highest BCUT2D eigenvalue weighted by atomic mass is 16.2. The molecular formula is C19H28N6O3. The van der Waals surface area contributed by atoms with Crippen LogP contribution in [0.4, 0.5) is 5.95 Å². The molecule has 0 radical (unpaired) electrons. The van der Waals surface area contributed by atoms with Crippen molar-refractivity contribution in [1.82, 2.24) is 24.0 Å². The summed E-state index contributed by atoms with van der Waals surface area (Å²) in [5.41, 5.74) is 1.18. The topological polar surface area (TPSA) is 94.2 Å². The van der Waals surface area contributed by atoms with Crippen LogP contribution in [0.2, 0.25) is 0 Å². The smallest absolute Gasteiger partial charge is 0.332 e. The van der Waals surface area contributed by atoms with Crippen LogP contribution in [0.5, 0.6) is 0 Å². The molecule has 0 bridgehead atoms. The summed E-state index contributed by atoms with van der Waals surface area (Å²) in [5.74, 6) is 0.599. The summed E-state index contributed by atoms with van der Waals surface area (Å²) in [7, 11) is 3.11. The second-order valence-electron chi connectivity index (χ2n) is 7.67. The highest BCUT2D eigenvalue weighted by molar-refractivity contribution is 5.75. The first-order chi connectivity index (χ1) is 13.2. The molecule has 3 rings (SSSR count). The zero-order chi connectivity index (χ0) is 20.6. The molecule has 0 spiro atoms. The van der Waals surface area contributed by atoms with E-state index in [1.54, 1.807) is 7.05 Å². The molecule has 1 fully saturated rings. The quantitative estimate of drug-likeness (QED) is 0.770. The van der Waals surface area contributed by atoms with Gasteiger partial charge in [-0.05, 0) is 26.7 Å². The summed E-state index contributed by atoms with van der Waals surface area (Å²) in [5, 5.41) is 2.98. The molecule has 3 heterocycles. The number of piperidine rings is 1. The fourth-order valence-corrected chi connectivity index (χ4v) is 3.69. The monoisotopic (exact) mass is 388 g/mol. The number of nitrogens with one attached hydrogen (secondary N) is 1. The lowest BCUT2D eigenvalue weighted by Crippen LogP contribution is -2.48. The SMILES string of the molecule is CC(=O)NC1CCCN(c2nc3c(c(=O)n(C)c(=O)n3C)n2CC=C(C)C)C1. The van der Waals surface area contributed by atoms with Crippen LogP contribution in [0.25, 0.3) is 11.2 Å². The summed E-state index contributed by atoms with van der Waals surface area (Å²) >= 11 is 0. The molecule has 9 heteroatoms. The highest BCUT2D eigenvalue weighted by Crippen LogP contribution is 2.23. The van der Waals surface area contributed by atoms with Crippen molar-refractivity contribution in [3.8, 4) is 0 Å². The molecular weight excluding hydrogens is 360 g/mol. The minimum Gasteiger partial charge on any atom is -0.352 e. The first-order valence-electron chi connectivity index (χ1n) is 9.52. The van der Waals surface area contributed by atoms with E-state index in [-0.39, 0.29) is 17.5 Å². The number of hydrogen-bond acceptors (Lipinski definition) is 5. The van der Waals surface area contributed by atoms with Crippen LogP contribution in [0.3, 0.4) is 0 Å². The lowest BCUT2D eigenvalue weighted by atomic mass is 10.1. The van der Waals surface area contributed by atoms with Gasteiger partial charge in [-0.2, -0.15) is 4.98 Å². The maximum absolute atomic E-state index is 12.9. The number of fused-ring (bicyclic) bond motifs is 1. The number of hydrogen-bond donors (Lipinski definition) is 1. The molecule has 1 amide bonds. The maximum atomic E-state index is 12.9. The van der Waals surface area contributed by atoms with Gasteiger partial charge < -0.3 is 14.8 Å². The van der Waals surface area contributed by atoms with Gasteiger partial charge in [0, 0.05) is 46.7 Å². The van der Waals surface area contributed by atoms with E-state index in [1.165, 1.54) is 18.5 Å². The maximum Gasteiger partial charge on any atom is 0.332 e. The van der Waals surface area contributed by atoms with Crippen molar-refractivity contribution in [1.29, 1.82) is 0 Å². The van der Waals surface area contributed by atoms with Gasteiger partial charge in [-0.3, -0.25) is 18.7 Å². The largest absolute Gasteiger partial charge is 0.352 e. The van der Waals surface area contributed by atoms with Crippen molar-refractivity contribution in [2.75, 3.05) is 18.0 Å². The molecule has 0 saturated carbocycles. The van der Waals surface area contributed by atoms with Gasteiger partial charge in [0.1, 0.15) is 0 Å². The number of aromatic nitrogens is 4. The fourth-order valence-electron chi connectivity index (χ4n) is 3.69. The van der Waals surface area contributed by atoms with E-state index in [2.05, 4.69) is 15.2 Å². The predicted octanol–water partition coefficient (Wildman–Crippen LogP) is 0.505. The zero-order valence-electron chi connectivity index (χ0n) is 17.2. The Morgan fingerprint density at radius 2 is 1.93 bits per heavy atom. The van der Waals surface area contributed by atoms with Crippen molar-refractivity contribution in [2.24, 2.45) is 14.1 Å². The van der Waals surface area contributed by atoms with E-state index in [0.717, 1.165) is 29.5 Å². The van der Waals surface area contributed by atoms with Crippen LogP contribution in [0, 0.1) is 0 Å². The molecule has 1 aliphatic heterocycles. The zero-order valence-corrected chi connectivity index (χ0v) is 17.2. The Morgan fingerprint density at radius 1 is 1.21 bits per heavy atom. The normalized spacial score (nSPS) is 17.0. The number of rotatable bonds is 4. The van der Waals surface area contributed by atoms with Crippen LogP contribution in [0.15, 0.2) is 21.2 Å². The third-order valence-corrected chi connectivity index (χ3v) is 5.12. The number of allylic oxidation sites excluding steroid dienone is 2. The molecule has 1 unspecified atom stereocenters. The molecule has 1 saturated heterocycles. The van der Waals surface area contributed by atoms with Crippen LogP contribution in [0.1, 0.15) is 33.6 Å². The lowest BCUT2D eigenvalue weighted by Gasteiger charge is -2.33. The predicted molar refractivity (Wildman–Crippen MR) is 109 cm³/mol. The van der Waals surface area contributed by atoms with Crippen LogP contribution in [-0.2, 0) is 25.4 Å². The van der Waals surface area contributed by atoms with Crippen molar-refractivity contribution in [3.63, 3.8) is 0 Å². The number of carbonyl (C=O) groups excluding carboxylic acids is 1. The second kappa shape index (κ2) is 7.65. The van der Waals surface area contributed by atoms with Crippen LogP contribution >= 0.6 is 0 Å². The molecule has 0 aliphatic carbocycles. The van der Waals surface area contributed by atoms with Gasteiger partial charge in [-0.1, -0.05) is 11.6 Å². The average Bonchev–Trinajstić information content (AvgIpc) is 3.02. The summed E-state index contributed by atoms with van der Waals surface area (Å²) in [4.78, 5) is 43.4. The first-order valence-corrected chi connectivity index (χ1v) is 9.52. The second-order valence-corrected chi connectivity index (χ2v) is 7.67. The molecule has 1 atom stereocenters. The van der Waals surface area contributed by atoms with Gasteiger partial charge in [0.05, 0.1) is 0 Å². The molecule has 1 N–H and O–H groups in total. The number of aryl methyl sites for hydroxylation is 1. The third kappa shape index (κ3) is 3.61. The molecule has 152 valence electrons. The van der Waals surface area contributed by atoms with E-state index in [4.69, 9.17) is 0 Å². The fraction of sp³-hybridized carbons (Fsp3) is 0.579. The molecule has 2 aromatic heterocycles. The molecule has 1 aliphatic rings. The van der Waals surface area contributed by atoms with Crippen molar-refractivity contribution < 1.29 is 4.79 Å². The number of nitrogens with zero attached hydrogens (tertiary/aromatic N) is 5. The standard InChI is InChI=1S/C19H28N6O3/c1-12(2)8-10-25-15-16(22(4)19(28)23(5)17(15)27)21-18(25)24-9-6-7-14(11-24)20-13(3)26/h8,14H,6-7,9-11H2,1-5H3,(H,20,26). The van der Waals surface area contributed by atoms with Gasteiger partial charge in [-0.25, -0.2) is 4.79 Å². The van der Waals surface area contributed by atoms with Crippen LogP contribution in [-0.4, -0.2) is 43.7 Å². The molecule has 9 nitrogen and oxygen atoms in total. The summed E-state index contributed by atoms with van der Waals surface area (Å²) in [6, 6.07) is 0.0367. The number of anilines is 1. The Balaban J connectivity index is 2.17. The average molecular weight is 388 g/mol. The minimum atomic E-state index is -0.398. The van der Waals surface area contributed by atoms with E-state index in [0.29, 0.717) is 30.2 Å². The molecule has 0 aromatic carbocycles. The van der Waals surface area contributed by atoms with Gasteiger partial charge >= 0.3 is 5.69 Å². The number of imidazole rings is 1. The van der Waals surface area contributed by atoms with E-state index in [1.807, 2.05) is 24.5 Å². The van der Waals surface area contributed by atoms with E-state index >= 15 is 0 Å². The van der Waals surface area contributed by atoms with Crippen molar-refractivity contribution in [3.05, 3.63) is 32.5 Å². The Labute approximate surface area is 163 Å². The Hall–Kier alpha value is -2.84. The molecule has 28 heavy (non-hydrogen) atoms. The van der Waals surface area contributed by atoms with Crippen molar-refractivity contribution >= 4 is 23.0 Å². The summed E-state index contributed by atoms with van der Waals surface area (Å²) in [6.07, 6.45) is 3.85. The number of amides is 1. The summed E-state index contributed by atoms with van der Waals surface area (Å²) in [6.45, 7) is 7.40. The Morgan fingerprint density at radius 3 is 2.57 bits per heavy atom. The van der Waals surface area contributed by atoms with Gasteiger partial charge in [-0.15, -0.1) is 0 Å². The Kier molecular flexibility index (Phi) is 5.44. The van der Waals surface area contributed by atoms with Gasteiger partial charge in [0.2, 0.25) is 11.9 Å². The van der Waals surface area contributed by atoms with E-state index < -0.39 is 5.69 Å².